The van der Waals surface area contributed by atoms with Crippen LogP contribution in [-0.4, -0.2) is 28.4 Å². The molecule has 0 spiro atoms. The number of Topliss-reactive ketones (excluding diaryl/α,β-unsaturated/α-hetero) is 1. The van der Waals surface area contributed by atoms with Crippen molar-refractivity contribution in [3.8, 4) is 0 Å². The quantitative estimate of drug-likeness (QED) is 0.693. The first kappa shape index (κ1) is 16.4. The summed E-state index contributed by atoms with van der Waals surface area (Å²) in [5.74, 6) is -0.576. The number of carbonyl (C=O) groups excluding carboxylic acids is 1. The Morgan fingerprint density at radius 3 is 2.38 bits per heavy atom. The van der Waals surface area contributed by atoms with Crippen molar-refractivity contribution in [2.45, 2.75) is 19.5 Å². The van der Waals surface area contributed by atoms with Gasteiger partial charge in [-0.25, -0.2) is 0 Å². The summed E-state index contributed by atoms with van der Waals surface area (Å²) in [6.45, 7) is 2.18. The maximum Gasteiger partial charge on any atom is 0.140 e. The van der Waals surface area contributed by atoms with Gasteiger partial charge in [0.2, 0.25) is 0 Å². The molecule has 1 heterocycles. The second-order valence-corrected chi connectivity index (χ2v) is 5.87. The lowest BCUT2D eigenvalue weighted by molar-refractivity contribution is -0.204. The van der Waals surface area contributed by atoms with Gasteiger partial charge in [0, 0.05) is 6.54 Å². The molecule has 1 aliphatic heterocycles. The van der Waals surface area contributed by atoms with E-state index in [-0.39, 0.29) is 18.4 Å². The van der Waals surface area contributed by atoms with Gasteiger partial charge in [-0.1, -0.05) is 65.8 Å². The Morgan fingerprint density at radius 1 is 1.17 bits per heavy atom. The lowest BCUT2D eigenvalue weighted by atomic mass is 9.85. The van der Waals surface area contributed by atoms with Crippen molar-refractivity contribution in [2.75, 3.05) is 6.61 Å². The van der Waals surface area contributed by atoms with Gasteiger partial charge >= 0.3 is 0 Å². The SMILES string of the molecule is CC(=O)C1/C(=N/O)CON(Cc2ccccc2)C1c1ccccc1. The first-order valence-corrected chi connectivity index (χ1v) is 7.90. The molecule has 2 aromatic rings. The van der Waals surface area contributed by atoms with Crippen LogP contribution in [0.4, 0.5) is 0 Å². The monoisotopic (exact) mass is 324 g/mol. The second kappa shape index (κ2) is 7.38. The van der Waals surface area contributed by atoms with Gasteiger partial charge in [-0.15, -0.1) is 0 Å². The molecule has 2 atom stereocenters. The zero-order valence-electron chi connectivity index (χ0n) is 13.5. The molecular weight excluding hydrogens is 304 g/mol. The summed E-state index contributed by atoms with van der Waals surface area (Å²) < 4.78 is 0. The molecule has 0 saturated carbocycles. The number of oxime groups is 1. The zero-order valence-corrected chi connectivity index (χ0v) is 13.5. The number of ketones is 1. The predicted octanol–water partition coefficient (Wildman–Crippen LogP) is 3.21. The van der Waals surface area contributed by atoms with E-state index in [1.54, 1.807) is 0 Å². The Kier molecular flexibility index (Phi) is 5.03. The molecule has 2 unspecified atom stereocenters. The average molecular weight is 324 g/mol. The predicted molar refractivity (Wildman–Crippen MR) is 90.5 cm³/mol. The number of hydroxylamine groups is 2. The molecular formula is C19H20N2O3. The molecule has 2 aromatic carbocycles. The Bertz CT molecular complexity index is 716. The minimum absolute atomic E-state index is 0.0435. The van der Waals surface area contributed by atoms with E-state index in [0.717, 1.165) is 11.1 Å². The standard InChI is InChI=1S/C19H20N2O3/c1-14(22)18-17(20-23)13-24-21(12-15-8-4-2-5-9-15)19(18)16-10-6-3-7-11-16/h2-11,18-19,23H,12-13H2,1H3/b20-17+. The fourth-order valence-electron chi connectivity index (χ4n) is 3.13. The molecule has 0 amide bonds. The first-order valence-electron chi connectivity index (χ1n) is 7.90. The molecule has 1 aliphatic rings. The number of carbonyl (C=O) groups is 1. The van der Waals surface area contributed by atoms with E-state index in [0.29, 0.717) is 12.3 Å². The molecule has 5 nitrogen and oxygen atoms in total. The lowest BCUT2D eigenvalue weighted by Gasteiger charge is -2.40. The van der Waals surface area contributed by atoms with E-state index in [4.69, 9.17) is 4.84 Å². The minimum Gasteiger partial charge on any atom is -0.411 e. The molecule has 0 radical (unpaired) electrons. The Morgan fingerprint density at radius 2 is 1.79 bits per heavy atom. The van der Waals surface area contributed by atoms with Crippen LogP contribution in [0.15, 0.2) is 65.8 Å². The maximum atomic E-state index is 12.3. The fourth-order valence-corrected chi connectivity index (χ4v) is 3.13. The van der Waals surface area contributed by atoms with Crippen molar-refractivity contribution < 1.29 is 14.8 Å². The van der Waals surface area contributed by atoms with Crippen molar-refractivity contribution in [2.24, 2.45) is 11.1 Å². The highest BCUT2D eigenvalue weighted by molar-refractivity contribution is 6.05. The van der Waals surface area contributed by atoms with Crippen molar-refractivity contribution in [3.63, 3.8) is 0 Å². The summed E-state index contributed by atoms with van der Waals surface area (Å²) in [4.78, 5) is 18.1. The zero-order chi connectivity index (χ0) is 16.9. The highest BCUT2D eigenvalue weighted by Crippen LogP contribution is 2.35. The molecule has 1 saturated heterocycles. The molecule has 0 aliphatic carbocycles. The number of rotatable bonds is 4. The fraction of sp³-hybridized carbons (Fsp3) is 0.263. The van der Waals surface area contributed by atoms with Crippen molar-refractivity contribution in [1.29, 1.82) is 0 Å². The third kappa shape index (κ3) is 3.37. The van der Waals surface area contributed by atoms with Gasteiger partial charge in [-0.05, 0) is 18.1 Å². The van der Waals surface area contributed by atoms with Crippen LogP contribution in [0, 0.1) is 5.92 Å². The van der Waals surface area contributed by atoms with Gasteiger partial charge in [-0.2, -0.15) is 5.06 Å². The van der Waals surface area contributed by atoms with E-state index < -0.39 is 5.92 Å². The van der Waals surface area contributed by atoms with Gasteiger partial charge in [-0.3, -0.25) is 9.63 Å². The molecule has 5 heteroatoms. The summed E-state index contributed by atoms with van der Waals surface area (Å²) in [5, 5.41) is 14.4. The van der Waals surface area contributed by atoms with Crippen molar-refractivity contribution >= 4 is 11.5 Å². The van der Waals surface area contributed by atoms with Crippen LogP contribution in [0.1, 0.15) is 24.1 Å². The average Bonchev–Trinajstić information content (AvgIpc) is 2.62. The summed E-state index contributed by atoms with van der Waals surface area (Å²) >= 11 is 0. The highest BCUT2D eigenvalue weighted by Gasteiger charge is 2.41. The Hall–Kier alpha value is -2.50. The number of benzene rings is 2. The maximum absolute atomic E-state index is 12.3. The third-order valence-corrected chi connectivity index (χ3v) is 4.25. The molecule has 124 valence electrons. The first-order chi connectivity index (χ1) is 11.7. The largest absolute Gasteiger partial charge is 0.411 e. The highest BCUT2D eigenvalue weighted by atomic mass is 16.7. The summed E-state index contributed by atoms with van der Waals surface area (Å²) in [7, 11) is 0. The smallest absolute Gasteiger partial charge is 0.140 e. The summed E-state index contributed by atoms with van der Waals surface area (Å²) in [5.41, 5.74) is 2.40. The normalized spacial score (nSPS) is 23.3. The molecule has 1 fully saturated rings. The number of hydrogen-bond donors (Lipinski definition) is 1. The van der Waals surface area contributed by atoms with E-state index in [1.807, 2.05) is 65.7 Å². The lowest BCUT2D eigenvalue weighted by Crippen LogP contribution is -2.47. The van der Waals surface area contributed by atoms with Crippen molar-refractivity contribution in [3.05, 3.63) is 71.8 Å². The van der Waals surface area contributed by atoms with Gasteiger partial charge in [0.1, 0.15) is 12.4 Å². The van der Waals surface area contributed by atoms with Gasteiger partial charge < -0.3 is 5.21 Å². The van der Waals surface area contributed by atoms with Crippen LogP contribution in [0.25, 0.3) is 0 Å². The summed E-state index contributed by atoms with van der Waals surface area (Å²) in [6, 6.07) is 19.3. The van der Waals surface area contributed by atoms with Crippen LogP contribution in [0.2, 0.25) is 0 Å². The molecule has 0 aromatic heterocycles. The van der Waals surface area contributed by atoms with Crippen LogP contribution in [0.5, 0.6) is 0 Å². The molecule has 1 N–H and O–H groups in total. The molecule has 0 bridgehead atoms. The van der Waals surface area contributed by atoms with Gasteiger partial charge in [0.15, 0.2) is 0 Å². The van der Waals surface area contributed by atoms with Crippen LogP contribution in [-0.2, 0) is 16.2 Å². The number of nitrogens with zero attached hydrogens (tertiary/aromatic N) is 2. The van der Waals surface area contributed by atoms with E-state index >= 15 is 0 Å². The van der Waals surface area contributed by atoms with Gasteiger partial charge in [0.05, 0.1) is 17.7 Å². The van der Waals surface area contributed by atoms with E-state index in [2.05, 4.69) is 5.16 Å². The van der Waals surface area contributed by atoms with E-state index in [9.17, 15) is 10.0 Å². The second-order valence-electron chi connectivity index (χ2n) is 5.87. The summed E-state index contributed by atoms with van der Waals surface area (Å²) in [6.07, 6.45) is 0. The Labute approximate surface area is 141 Å². The number of hydrogen-bond acceptors (Lipinski definition) is 5. The third-order valence-electron chi connectivity index (χ3n) is 4.25. The van der Waals surface area contributed by atoms with Gasteiger partial charge in [0.25, 0.3) is 0 Å². The van der Waals surface area contributed by atoms with Crippen molar-refractivity contribution in [1.82, 2.24) is 5.06 Å². The molecule has 24 heavy (non-hydrogen) atoms. The van der Waals surface area contributed by atoms with Crippen LogP contribution < -0.4 is 0 Å². The topological polar surface area (TPSA) is 62.1 Å². The van der Waals surface area contributed by atoms with Crippen LogP contribution in [0.3, 0.4) is 0 Å². The Balaban J connectivity index is 1.99. The van der Waals surface area contributed by atoms with Crippen LogP contribution >= 0.6 is 0 Å². The minimum atomic E-state index is -0.533. The molecule has 3 rings (SSSR count). The van der Waals surface area contributed by atoms with E-state index in [1.165, 1.54) is 6.92 Å².